The van der Waals surface area contributed by atoms with Gasteiger partial charge in [-0.25, -0.2) is 19.9 Å². The summed E-state index contributed by atoms with van der Waals surface area (Å²) in [6, 6.07) is 8.21. The highest BCUT2D eigenvalue weighted by Gasteiger charge is 2.20. The molecular formula is C19H17N7. The molecule has 0 saturated heterocycles. The lowest BCUT2D eigenvalue weighted by Crippen LogP contribution is -2.31. The molecule has 5 rings (SSSR count). The van der Waals surface area contributed by atoms with E-state index in [0.717, 1.165) is 48.5 Å². The van der Waals surface area contributed by atoms with Gasteiger partial charge in [-0.1, -0.05) is 18.2 Å². The van der Waals surface area contributed by atoms with Gasteiger partial charge in [0.25, 0.3) is 0 Å². The molecule has 3 aromatic heterocycles. The number of nitrogens with one attached hydrogen (secondary N) is 1. The summed E-state index contributed by atoms with van der Waals surface area (Å²) in [7, 11) is 0. The van der Waals surface area contributed by atoms with Gasteiger partial charge >= 0.3 is 0 Å². The Labute approximate surface area is 150 Å². The van der Waals surface area contributed by atoms with E-state index in [1.54, 1.807) is 12.4 Å². The third-order valence-corrected chi connectivity index (χ3v) is 4.75. The number of rotatable bonds is 3. The topological polar surface area (TPSA) is 83.5 Å². The molecule has 0 unspecified atom stereocenters. The first-order valence-electron chi connectivity index (χ1n) is 8.61. The van der Waals surface area contributed by atoms with Crippen molar-refractivity contribution < 1.29 is 0 Å². The molecule has 1 aromatic carbocycles. The van der Waals surface area contributed by atoms with E-state index in [1.165, 1.54) is 17.3 Å². The van der Waals surface area contributed by atoms with Crippen LogP contribution in [-0.2, 0) is 19.5 Å². The van der Waals surface area contributed by atoms with Gasteiger partial charge in [-0.15, -0.1) is 0 Å². The van der Waals surface area contributed by atoms with Crippen molar-refractivity contribution in [3.8, 4) is 11.4 Å². The Balaban J connectivity index is 1.37. The Hall–Kier alpha value is -3.19. The molecule has 0 atom stereocenters. The van der Waals surface area contributed by atoms with Crippen molar-refractivity contribution in [2.75, 3.05) is 6.54 Å². The average Bonchev–Trinajstić information content (AvgIpc) is 3.11. The molecule has 0 bridgehead atoms. The van der Waals surface area contributed by atoms with Crippen LogP contribution in [-0.4, -0.2) is 41.6 Å². The fraction of sp³-hybridized carbons (Fsp3) is 0.211. The van der Waals surface area contributed by atoms with Crippen molar-refractivity contribution in [3.05, 3.63) is 66.1 Å². The molecule has 26 heavy (non-hydrogen) atoms. The minimum Gasteiger partial charge on any atom is -0.293 e. The van der Waals surface area contributed by atoms with Crippen LogP contribution in [0, 0.1) is 0 Å². The minimum atomic E-state index is 0.692. The third-order valence-electron chi connectivity index (χ3n) is 4.75. The lowest BCUT2D eigenvalue weighted by Gasteiger charge is -2.27. The monoisotopic (exact) mass is 343 g/mol. The highest BCUT2D eigenvalue weighted by molar-refractivity contribution is 5.81. The van der Waals surface area contributed by atoms with E-state index in [1.807, 2.05) is 18.3 Å². The van der Waals surface area contributed by atoms with Crippen molar-refractivity contribution in [3.63, 3.8) is 0 Å². The first-order valence-corrected chi connectivity index (χ1v) is 8.61. The quantitative estimate of drug-likeness (QED) is 0.615. The summed E-state index contributed by atoms with van der Waals surface area (Å²) in [6.07, 6.45) is 7.84. The summed E-state index contributed by atoms with van der Waals surface area (Å²) in [5.41, 5.74) is 5.31. The largest absolute Gasteiger partial charge is 0.293 e. The van der Waals surface area contributed by atoms with Gasteiger partial charge in [0, 0.05) is 55.6 Å². The summed E-state index contributed by atoms with van der Waals surface area (Å²) in [4.78, 5) is 19.7. The Bertz CT molecular complexity index is 1060. The van der Waals surface area contributed by atoms with Crippen LogP contribution in [0.5, 0.6) is 0 Å². The van der Waals surface area contributed by atoms with Gasteiger partial charge in [0.05, 0.1) is 22.5 Å². The number of hydrogen-bond donors (Lipinski definition) is 1. The number of hydrogen-bond acceptors (Lipinski definition) is 6. The summed E-state index contributed by atoms with van der Waals surface area (Å²) >= 11 is 0. The zero-order valence-electron chi connectivity index (χ0n) is 14.1. The second-order valence-electron chi connectivity index (χ2n) is 6.47. The molecule has 0 fully saturated rings. The van der Waals surface area contributed by atoms with Gasteiger partial charge in [0.15, 0.2) is 5.82 Å². The number of H-pyrrole nitrogens is 1. The highest BCUT2D eigenvalue weighted by atomic mass is 15.2. The Kier molecular flexibility index (Phi) is 3.64. The minimum absolute atomic E-state index is 0.692. The number of aromatic nitrogens is 6. The highest BCUT2D eigenvalue weighted by Crippen LogP contribution is 2.23. The number of benzene rings is 1. The second kappa shape index (κ2) is 6.27. The molecule has 4 aromatic rings. The fourth-order valence-corrected chi connectivity index (χ4v) is 3.42. The van der Waals surface area contributed by atoms with E-state index >= 15 is 0 Å². The Morgan fingerprint density at radius 2 is 1.96 bits per heavy atom. The van der Waals surface area contributed by atoms with Gasteiger partial charge in [-0.2, -0.15) is 5.10 Å². The lowest BCUT2D eigenvalue weighted by molar-refractivity contribution is 0.241. The van der Waals surface area contributed by atoms with Crippen molar-refractivity contribution >= 4 is 10.9 Å². The standard InChI is InChI=1S/C19H17N7/c1-2-4-17-15(3-1)18(25-24-17)11-26-6-5-16-14(10-26)9-22-19(23-16)13-7-20-12-21-8-13/h1-4,7-9,12H,5-6,10-11H2,(H,24,25). The molecule has 1 aliphatic rings. The zero-order valence-corrected chi connectivity index (χ0v) is 14.1. The maximum atomic E-state index is 4.73. The van der Waals surface area contributed by atoms with Crippen LogP contribution in [0.15, 0.2) is 49.2 Å². The summed E-state index contributed by atoms with van der Waals surface area (Å²) in [5.74, 6) is 0.692. The molecule has 7 nitrogen and oxygen atoms in total. The normalized spacial score (nSPS) is 14.5. The predicted molar refractivity (Wildman–Crippen MR) is 97.0 cm³/mol. The molecule has 0 spiro atoms. The summed E-state index contributed by atoms with van der Waals surface area (Å²) in [6.45, 7) is 2.64. The Morgan fingerprint density at radius 3 is 2.88 bits per heavy atom. The third kappa shape index (κ3) is 2.72. The SMILES string of the molecule is c1ccc2c(CN3CCc4nc(-c5cncnc5)ncc4C3)[nH]nc2c1. The Morgan fingerprint density at radius 1 is 1.08 bits per heavy atom. The predicted octanol–water partition coefficient (Wildman–Crippen LogP) is 2.37. The van der Waals surface area contributed by atoms with Crippen LogP contribution in [0.1, 0.15) is 17.0 Å². The maximum absolute atomic E-state index is 4.73. The summed E-state index contributed by atoms with van der Waals surface area (Å²) < 4.78 is 0. The van der Waals surface area contributed by atoms with E-state index < -0.39 is 0 Å². The number of para-hydroxylation sites is 1. The molecule has 0 aliphatic carbocycles. The fourth-order valence-electron chi connectivity index (χ4n) is 3.42. The first-order chi connectivity index (χ1) is 12.9. The average molecular weight is 343 g/mol. The molecule has 1 aliphatic heterocycles. The second-order valence-corrected chi connectivity index (χ2v) is 6.47. The smallest absolute Gasteiger partial charge is 0.162 e. The van der Waals surface area contributed by atoms with Gasteiger partial charge in [0.2, 0.25) is 0 Å². The number of fused-ring (bicyclic) bond motifs is 2. The lowest BCUT2D eigenvalue weighted by atomic mass is 10.1. The van der Waals surface area contributed by atoms with Crippen LogP contribution in [0.25, 0.3) is 22.3 Å². The first kappa shape index (κ1) is 15.1. The van der Waals surface area contributed by atoms with Gasteiger partial charge in [-0.3, -0.25) is 10.00 Å². The van der Waals surface area contributed by atoms with Crippen LogP contribution in [0.2, 0.25) is 0 Å². The van der Waals surface area contributed by atoms with E-state index in [0.29, 0.717) is 5.82 Å². The van der Waals surface area contributed by atoms with Gasteiger partial charge < -0.3 is 0 Å². The van der Waals surface area contributed by atoms with Crippen molar-refractivity contribution in [2.45, 2.75) is 19.5 Å². The van der Waals surface area contributed by atoms with E-state index in [9.17, 15) is 0 Å². The molecule has 4 heterocycles. The van der Waals surface area contributed by atoms with Crippen molar-refractivity contribution in [1.82, 2.24) is 35.0 Å². The van der Waals surface area contributed by atoms with Crippen molar-refractivity contribution in [1.29, 1.82) is 0 Å². The van der Waals surface area contributed by atoms with Crippen LogP contribution in [0.3, 0.4) is 0 Å². The van der Waals surface area contributed by atoms with Crippen LogP contribution < -0.4 is 0 Å². The van der Waals surface area contributed by atoms with Crippen LogP contribution in [0.4, 0.5) is 0 Å². The summed E-state index contributed by atoms with van der Waals surface area (Å²) in [5, 5.41) is 8.75. The number of aromatic amines is 1. The molecular weight excluding hydrogens is 326 g/mol. The zero-order chi connectivity index (χ0) is 17.3. The van der Waals surface area contributed by atoms with Gasteiger partial charge in [0.1, 0.15) is 6.33 Å². The molecule has 0 amide bonds. The van der Waals surface area contributed by atoms with Crippen LogP contribution >= 0.6 is 0 Å². The molecule has 128 valence electrons. The van der Waals surface area contributed by atoms with E-state index in [-0.39, 0.29) is 0 Å². The number of nitrogens with zero attached hydrogens (tertiary/aromatic N) is 6. The molecule has 7 heteroatoms. The molecule has 1 N–H and O–H groups in total. The van der Waals surface area contributed by atoms with Crippen molar-refractivity contribution in [2.24, 2.45) is 0 Å². The maximum Gasteiger partial charge on any atom is 0.162 e. The van der Waals surface area contributed by atoms with E-state index in [2.05, 4.69) is 42.2 Å². The van der Waals surface area contributed by atoms with Gasteiger partial charge in [-0.05, 0) is 6.07 Å². The molecule has 0 radical (unpaired) electrons. The molecule has 0 saturated carbocycles. The van der Waals surface area contributed by atoms with E-state index in [4.69, 9.17) is 4.98 Å².